The summed E-state index contributed by atoms with van der Waals surface area (Å²) in [6.07, 6.45) is -0.778. The topological polar surface area (TPSA) is 85.2 Å². The van der Waals surface area contributed by atoms with Gasteiger partial charge in [-0.15, -0.1) is 0 Å². The summed E-state index contributed by atoms with van der Waals surface area (Å²) >= 11 is 0. The van der Waals surface area contributed by atoms with Gasteiger partial charge in [-0.1, -0.05) is 12.1 Å². The van der Waals surface area contributed by atoms with Crippen molar-refractivity contribution < 1.29 is 8.78 Å². The van der Waals surface area contributed by atoms with Crippen LogP contribution >= 0.6 is 0 Å². The molecule has 0 aliphatic heterocycles. The Labute approximate surface area is 184 Å². The first-order valence-corrected chi connectivity index (χ1v) is 10.0. The van der Waals surface area contributed by atoms with Crippen LogP contribution in [0.15, 0.2) is 42.7 Å². The maximum absolute atomic E-state index is 13.3. The van der Waals surface area contributed by atoms with Gasteiger partial charge in [0.2, 0.25) is 0 Å². The lowest BCUT2D eigenvalue weighted by Crippen LogP contribution is -2.13. The first-order chi connectivity index (χ1) is 15.4. The molecule has 3 heterocycles. The van der Waals surface area contributed by atoms with Gasteiger partial charge in [0.15, 0.2) is 5.82 Å². The van der Waals surface area contributed by atoms with E-state index in [9.17, 15) is 8.78 Å². The SMILES string of the molecule is Cc1cc(C)n(-c2cc(Cc3c(C)c(-c4ccc(C#N)cc4)nn3CC(F)F)ncn2)n1. The normalized spacial score (nSPS) is 11.2. The van der Waals surface area contributed by atoms with Gasteiger partial charge in [0.25, 0.3) is 6.43 Å². The Hall–Kier alpha value is -3.93. The Morgan fingerprint density at radius 3 is 2.41 bits per heavy atom. The molecule has 0 atom stereocenters. The Bertz CT molecular complexity index is 1300. The van der Waals surface area contributed by atoms with Crippen molar-refractivity contribution in [1.82, 2.24) is 29.5 Å². The maximum atomic E-state index is 13.3. The molecular weight excluding hydrogens is 412 g/mol. The van der Waals surface area contributed by atoms with Crippen LogP contribution in [0, 0.1) is 32.1 Å². The number of benzene rings is 1. The first-order valence-electron chi connectivity index (χ1n) is 10.0. The first kappa shape index (κ1) is 21.3. The van der Waals surface area contributed by atoms with Gasteiger partial charge in [0.1, 0.15) is 12.9 Å². The molecule has 0 bridgehead atoms. The van der Waals surface area contributed by atoms with Crippen LogP contribution in [0.1, 0.15) is 33.9 Å². The second-order valence-electron chi connectivity index (χ2n) is 7.57. The monoisotopic (exact) mass is 433 g/mol. The molecule has 0 fully saturated rings. The van der Waals surface area contributed by atoms with Crippen LogP contribution in [-0.2, 0) is 13.0 Å². The zero-order chi connectivity index (χ0) is 22.8. The minimum atomic E-state index is -2.54. The lowest BCUT2D eigenvalue weighted by molar-refractivity contribution is 0.120. The maximum Gasteiger partial charge on any atom is 0.257 e. The Kier molecular flexibility index (Phi) is 5.77. The third-order valence-corrected chi connectivity index (χ3v) is 5.20. The molecule has 0 N–H and O–H groups in total. The van der Waals surface area contributed by atoms with Crippen LogP contribution in [0.2, 0.25) is 0 Å². The smallest absolute Gasteiger partial charge is 0.257 e. The van der Waals surface area contributed by atoms with E-state index in [0.29, 0.717) is 34.9 Å². The van der Waals surface area contributed by atoms with Crippen molar-refractivity contribution in [2.45, 2.75) is 40.2 Å². The summed E-state index contributed by atoms with van der Waals surface area (Å²) in [6, 6.07) is 12.8. The van der Waals surface area contributed by atoms with Crippen LogP contribution < -0.4 is 0 Å². The van der Waals surface area contributed by atoms with Crippen molar-refractivity contribution in [3.05, 3.63) is 76.6 Å². The van der Waals surface area contributed by atoms with Gasteiger partial charge in [-0.2, -0.15) is 15.5 Å². The molecule has 4 aromatic rings. The standard InChI is InChI=1S/C23H21F2N7/c1-14-8-15(2)32(29-14)22-10-19(27-13-28-22)9-20-16(3)23(30-31(20)12-21(24)25)18-6-4-17(11-26)5-7-18/h4-8,10,13,21H,9,12H2,1-3H3. The van der Waals surface area contributed by atoms with E-state index in [4.69, 9.17) is 5.26 Å². The van der Waals surface area contributed by atoms with Crippen molar-refractivity contribution >= 4 is 0 Å². The molecule has 0 spiro atoms. The molecule has 0 aliphatic carbocycles. The van der Waals surface area contributed by atoms with Crippen molar-refractivity contribution in [2.24, 2.45) is 0 Å². The molecule has 0 radical (unpaired) electrons. The van der Waals surface area contributed by atoms with Gasteiger partial charge >= 0.3 is 0 Å². The number of nitriles is 1. The second kappa shape index (κ2) is 8.67. The van der Waals surface area contributed by atoms with Crippen LogP contribution in [0.5, 0.6) is 0 Å². The summed E-state index contributed by atoms with van der Waals surface area (Å²) in [5.41, 5.74) is 5.84. The summed E-state index contributed by atoms with van der Waals surface area (Å²) < 4.78 is 29.6. The quantitative estimate of drug-likeness (QED) is 0.455. The van der Waals surface area contributed by atoms with Crippen molar-refractivity contribution in [1.29, 1.82) is 5.26 Å². The summed E-state index contributed by atoms with van der Waals surface area (Å²) in [5.74, 6) is 0.616. The lowest BCUT2D eigenvalue weighted by Gasteiger charge is -2.09. The highest BCUT2D eigenvalue weighted by Crippen LogP contribution is 2.27. The summed E-state index contributed by atoms with van der Waals surface area (Å²) in [7, 11) is 0. The average Bonchev–Trinajstić information content (AvgIpc) is 3.26. The van der Waals surface area contributed by atoms with Gasteiger partial charge in [-0.3, -0.25) is 4.68 Å². The Balaban J connectivity index is 1.73. The zero-order valence-electron chi connectivity index (χ0n) is 17.9. The number of alkyl halides is 2. The van der Waals surface area contributed by atoms with E-state index in [2.05, 4.69) is 26.2 Å². The number of aromatic nitrogens is 6. The summed E-state index contributed by atoms with van der Waals surface area (Å²) in [5, 5.41) is 17.9. The van der Waals surface area contributed by atoms with Gasteiger partial charge in [-0.05, 0) is 44.5 Å². The van der Waals surface area contributed by atoms with Crippen LogP contribution in [0.25, 0.3) is 17.1 Å². The fourth-order valence-corrected chi connectivity index (χ4v) is 3.70. The van der Waals surface area contributed by atoms with E-state index in [0.717, 1.165) is 22.5 Å². The van der Waals surface area contributed by atoms with Crippen molar-refractivity contribution in [3.8, 4) is 23.1 Å². The molecular formula is C23H21F2N7. The molecule has 9 heteroatoms. The van der Waals surface area contributed by atoms with Crippen LogP contribution in [0.3, 0.4) is 0 Å². The highest BCUT2D eigenvalue weighted by molar-refractivity contribution is 5.65. The minimum Gasteiger partial charge on any atom is -0.263 e. The number of halogens is 2. The third kappa shape index (κ3) is 4.25. The molecule has 1 aromatic carbocycles. The lowest BCUT2D eigenvalue weighted by atomic mass is 10.0. The molecule has 7 nitrogen and oxygen atoms in total. The second-order valence-corrected chi connectivity index (χ2v) is 7.57. The largest absolute Gasteiger partial charge is 0.263 e. The molecule has 0 unspecified atom stereocenters. The molecule has 3 aromatic heterocycles. The number of rotatable bonds is 6. The molecule has 0 saturated carbocycles. The van der Waals surface area contributed by atoms with E-state index in [1.807, 2.05) is 26.8 Å². The Morgan fingerprint density at radius 2 is 1.78 bits per heavy atom. The van der Waals surface area contributed by atoms with E-state index in [1.165, 1.54) is 11.0 Å². The van der Waals surface area contributed by atoms with Crippen molar-refractivity contribution in [3.63, 3.8) is 0 Å². The zero-order valence-corrected chi connectivity index (χ0v) is 17.9. The number of hydrogen-bond donors (Lipinski definition) is 0. The minimum absolute atomic E-state index is 0.316. The predicted octanol–water partition coefficient (Wildman–Crippen LogP) is 4.18. The number of hydrogen-bond acceptors (Lipinski definition) is 5. The highest BCUT2D eigenvalue weighted by Gasteiger charge is 2.19. The fourth-order valence-electron chi connectivity index (χ4n) is 3.70. The number of nitrogens with zero attached hydrogens (tertiary/aromatic N) is 7. The number of aryl methyl sites for hydroxylation is 2. The molecule has 32 heavy (non-hydrogen) atoms. The third-order valence-electron chi connectivity index (χ3n) is 5.20. The van der Waals surface area contributed by atoms with Crippen LogP contribution in [-0.4, -0.2) is 36.0 Å². The molecule has 0 amide bonds. The van der Waals surface area contributed by atoms with Crippen LogP contribution in [0.4, 0.5) is 8.78 Å². The van der Waals surface area contributed by atoms with Gasteiger partial charge in [-0.25, -0.2) is 23.4 Å². The summed E-state index contributed by atoms with van der Waals surface area (Å²) in [6.45, 7) is 5.19. The molecule has 0 saturated heterocycles. The van der Waals surface area contributed by atoms with Gasteiger partial charge in [0.05, 0.1) is 28.7 Å². The van der Waals surface area contributed by atoms with E-state index < -0.39 is 13.0 Å². The van der Waals surface area contributed by atoms with E-state index in [1.54, 1.807) is 35.0 Å². The Morgan fingerprint density at radius 1 is 1.03 bits per heavy atom. The molecule has 4 rings (SSSR count). The van der Waals surface area contributed by atoms with E-state index >= 15 is 0 Å². The van der Waals surface area contributed by atoms with Gasteiger partial charge in [0, 0.05) is 29.4 Å². The molecule has 162 valence electrons. The van der Waals surface area contributed by atoms with Gasteiger partial charge < -0.3 is 0 Å². The highest BCUT2D eigenvalue weighted by atomic mass is 19.3. The van der Waals surface area contributed by atoms with Crippen molar-refractivity contribution in [2.75, 3.05) is 0 Å². The fraction of sp³-hybridized carbons (Fsp3) is 0.261. The average molecular weight is 433 g/mol. The molecule has 0 aliphatic rings. The van der Waals surface area contributed by atoms with E-state index in [-0.39, 0.29) is 0 Å². The summed E-state index contributed by atoms with van der Waals surface area (Å²) in [4.78, 5) is 8.65. The predicted molar refractivity (Wildman–Crippen MR) is 115 cm³/mol.